The van der Waals surface area contributed by atoms with E-state index in [1.165, 1.54) is 6.20 Å². The summed E-state index contributed by atoms with van der Waals surface area (Å²) in [5.74, 6) is -0.414. The van der Waals surface area contributed by atoms with Crippen molar-refractivity contribution in [3.05, 3.63) is 117 Å². The predicted molar refractivity (Wildman–Crippen MR) is 188 cm³/mol. The molecule has 49 heavy (non-hydrogen) atoms. The Hall–Kier alpha value is -4.75. The lowest BCUT2D eigenvalue weighted by Gasteiger charge is -2.32. The maximum Gasteiger partial charge on any atom is 0.321 e. The second-order valence-corrected chi connectivity index (χ2v) is 12.5. The van der Waals surface area contributed by atoms with Crippen molar-refractivity contribution in [2.45, 2.75) is 66.0 Å². The Kier molecular flexibility index (Phi) is 11.7. The molecule has 1 aromatic heterocycles. The van der Waals surface area contributed by atoms with E-state index in [4.69, 9.17) is 21.1 Å². The number of hydrogen-bond acceptors (Lipinski definition) is 7. The number of benzene rings is 3. The maximum absolute atomic E-state index is 13.3. The van der Waals surface area contributed by atoms with Crippen LogP contribution >= 0.6 is 11.6 Å². The number of pyridine rings is 1. The van der Waals surface area contributed by atoms with Crippen LogP contribution in [0.3, 0.4) is 0 Å². The first-order valence-corrected chi connectivity index (χ1v) is 16.9. The zero-order chi connectivity index (χ0) is 35.1. The van der Waals surface area contributed by atoms with E-state index in [1.54, 1.807) is 30.5 Å². The summed E-state index contributed by atoms with van der Waals surface area (Å²) >= 11 is 6.52. The van der Waals surface area contributed by atoms with Crippen LogP contribution in [0.1, 0.15) is 76.7 Å². The third-order valence-corrected chi connectivity index (χ3v) is 9.42. The summed E-state index contributed by atoms with van der Waals surface area (Å²) < 4.78 is 12.9. The van der Waals surface area contributed by atoms with Crippen molar-refractivity contribution in [1.82, 2.24) is 14.8 Å². The molecule has 3 aromatic carbocycles. The van der Waals surface area contributed by atoms with E-state index in [1.807, 2.05) is 73.9 Å². The second-order valence-electron chi connectivity index (χ2n) is 12.1. The Labute approximate surface area is 292 Å². The smallest absolute Gasteiger partial charge is 0.321 e. The number of amides is 1. The standard InChI is InChI=1S/C39H41ClN4O5/c1-5-43(6-2)37(45)33-13-8-12-32(26(33)4)31-11-7-10-29(25(31)3)24-49-38(44-17-9-14-35(44)39(46)47)34-19-30(40)15-16-36(34)48-23-28-18-27(20-41)21-42-22-28/h7-8,10-13,15-16,18-19,21-22,35,38H,5-6,9,14,17,23-24H2,1-4H3,(H,46,47)/t35-,38?/m0/s1. The lowest BCUT2D eigenvalue weighted by atomic mass is 9.91. The summed E-state index contributed by atoms with van der Waals surface area (Å²) in [6.45, 7) is 10.1. The van der Waals surface area contributed by atoms with E-state index in [0.29, 0.717) is 65.5 Å². The van der Waals surface area contributed by atoms with Gasteiger partial charge in [-0.1, -0.05) is 41.9 Å². The SMILES string of the molecule is CCN(CC)C(=O)c1cccc(-c2cccc(COC(c3cc(Cl)ccc3OCc3cncc(C#N)c3)N3CCC[C@H]3C(=O)O)c2C)c1C. The van der Waals surface area contributed by atoms with Crippen molar-refractivity contribution in [1.29, 1.82) is 5.26 Å². The molecule has 254 valence electrons. The molecule has 5 rings (SSSR count). The molecule has 0 spiro atoms. The summed E-state index contributed by atoms with van der Waals surface area (Å²) in [7, 11) is 0. The number of ether oxygens (including phenoxy) is 2. The molecule has 1 amide bonds. The van der Waals surface area contributed by atoms with Crippen molar-refractivity contribution >= 4 is 23.5 Å². The van der Waals surface area contributed by atoms with Gasteiger partial charge in [0.05, 0.1) is 12.2 Å². The number of carbonyl (C=O) groups is 2. The van der Waals surface area contributed by atoms with Crippen LogP contribution in [0, 0.1) is 25.2 Å². The van der Waals surface area contributed by atoms with Gasteiger partial charge in [0, 0.05) is 53.7 Å². The first-order chi connectivity index (χ1) is 23.7. The van der Waals surface area contributed by atoms with E-state index in [2.05, 4.69) is 11.1 Å². The average Bonchev–Trinajstić information content (AvgIpc) is 3.60. The average molecular weight is 681 g/mol. The minimum Gasteiger partial charge on any atom is -0.488 e. The molecular formula is C39H41ClN4O5. The molecule has 9 nitrogen and oxygen atoms in total. The highest BCUT2D eigenvalue weighted by atomic mass is 35.5. The van der Waals surface area contributed by atoms with Crippen molar-refractivity contribution in [3.8, 4) is 22.9 Å². The highest BCUT2D eigenvalue weighted by molar-refractivity contribution is 6.30. The number of hydrogen-bond donors (Lipinski definition) is 1. The number of nitrogens with zero attached hydrogens (tertiary/aromatic N) is 4. The first kappa shape index (κ1) is 35.6. The number of carbonyl (C=O) groups excluding carboxylic acids is 1. The Balaban J connectivity index is 1.48. The molecule has 1 aliphatic rings. The van der Waals surface area contributed by atoms with Crippen molar-refractivity contribution in [3.63, 3.8) is 0 Å². The van der Waals surface area contributed by atoms with E-state index in [-0.39, 0.29) is 19.1 Å². The molecular weight excluding hydrogens is 640 g/mol. The summed E-state index contributed by atoms with van der Waals surface area (Å²) in [5, 5.41) is 19.9. The number of likely N-dealkylation sites (tertiary alicyclic amines) is 1. The monoisotopic (exact) mass is 680 g/mol. The van der Waals surface area contributed by atoms with Crippen LogP contribution in [0.25, 0.3) is 11.1 Å². The van der Waals surface area contributed by atoms with Crippen molar-refractivity contribution in [2.75, 3.05) is 19.6 Å². The van der Waals surface area contributed by atoms with Gasteiger partial charge in [0.15, 0.2) is 0 Å². The number of aliphatic carboxylic acids is 1. The predicted octanol–water partition coefficient (Wildman–Crippen LogP) is 7.72. The van der Waals surface area contributed by atoms with Gasteiger partial charge < -0.3 is 19.5 Å². The lowest BCUT2D eigenvalue weighted by Crippen LogP contribution is -2.40. The van der Waals surface area contributed by atoms with Gasteiger partial charge in [-0.15, -0.1) is 0 Å². The Morgan fingerprint density at radius 1 is 1.04 bits per heavy atom. The van der Waals surface area contributed by atoms with Crippen molar-refractivity contribution in [2.24, 2.45) is 0 Å². The van der Waals surface area contributed by atoms with Gasteiger partial charge >= 0.3 is 5.97 Å². The fourth-order valence-corrected chi connectivity index (χ4v) is 6.65. The summed E-state index contributed by atoms with van der Waals surface area (Å²) in [6, 6.07) is 20.1. The number of carboxylic acid groups (broad SMARTS) is 1. The van der Waals surface area contributed by atoms with Crippen LogP contribution in [0.4, 0.5) is 0 Å². The van der Waals surface area contributed by atoms with Crippen LogP contribution in [-0.4, -0.2) is 57.4 Å². The van der Waals surface area contributed by atoms with Gasteiger partial charge in [0.1, 0.15) is 30.7 Å². The molecule has 4 aromatic rings. The van der Waals surface area contributed by atoms with E-state index in [9.17, 15) is 20.0 Å². The summed E-state index contributed by atoms with van der Waals surface area (Å²) in [6.07, 6.45) is 3.55. The quantitative estimate of drug-likeness (QED) is 0.153. The van der Waals surface area contributed by atoms with E-state index in [0.717, 1.165) is 27.8 Å². The topological polar surface area (TPSA) is 116 Å². The van der Waals surface area contributed by atoms with Crippen LogP contribution in [-0.2, 0) is 22.7 Å². The van der Waals surface area contributed by atoms with Gasteiger partial charge in [-0.25, -0.2) is 0 Å². The number of aromatic nitrogens is 1. The zero-order valence-corrected chi connectivity index (χ0v) is 29.0. The molecule has 0 saturated carbocycles. The second kappa shape index (κ2) is 16.1. The fourth-order valence-electron chi connectivity index (χ4n) is 6.47. The van der Waals surface area contributed by atoms with Crippen LogP contribution in [0.2, 0.25) is 5.02 Å². The fraction of sp³-hybridized carbons (Fsp3) is 0.333. The molecule has 10 heteroatoms. The third kappa shape index (κ3) is 7.94. The lowest BCUT2D eigenvalue weighted by molar-refractivity contribution is -0.150. The van der Waals surface area contributed by atoms with Gasteiger partial charge in [-0.3, -0.25) is 19.5 Å². The third-order valence-electron chi connectivity index (χ3n) is 9.18. The molecule has 1 fully saturated rings. The highest BCUT2D eigenvalue weighted by Crippen LogP contribution is 2.39. The number of halogens is 1. The van der Waals surface area contributed by atoms with Gasteiger partial charge in [0.2, 0.25) is 0 Å². The number of rotatable bonds is 13. The molecule has 2 heterocycles. The molecule has 1 N–H and O–H groups in total. The molecule has 1 unspecified atom stereocenters. The van der Waals surface area contributed by atoms with E-state index < -0.39 is 18.2 Å². The van der Waals surface area contributed by atoms with Crippen LogP contribution < -0.4 is 4.74 Å². The van der Waals surface area contributed by atoms with Gasteiger partial charge in [-0.2, -0.15) is 5.26 Å². The van der Waals surface area contributed by atoms with Crippen LogP contribution in [0.5, 0.6) is 5.75 Å². The Bertz CT molecular complexity index is 1870. The minimum absolute atomic E-state index is 0.0107. The number of carboxylic acids is 1. The molecule has 0 radical (unpaired) electrons. The van der Waals surface area contributed by atoms with Crippen LogP contribution in [0.15, 0.2) is 73.1 Å². The van der Waals surface area contributed by atoms with Gasteiger partial charge in [0.25, 0.3) is 5.91 Å². The van der Waals surface area contributed by atoms with E-state index >= 15 is 0 Å². The number of nitriles is 1. The minimum atomic E-state index is -0.914. The largest absolute Gasteiger partial charge is 0.488 e. The van der Waals surface area contributed by atoms with Crippen molar-refractivity contribution < 1.29 is 24.2 Å². The summed E-state index contributed by atoms with van der Waals surface area (Å²) in [4.78, 5) is 33.5. The normalized spacial score (nSPS) is 15.1. The van der Waals surface area contributed by atoms with Gasteiger partial charge in [-0.05, 0) is 98.7 Å². The summed E-state index contributed by atoms with van der Waals surface area (Å²) in [5.41, 5.74) is 7.24. The highest BCUT2D eigenvalue weighted by Gasteiger charge is 2.38. The molecule has 2 atom stereocenters. The zero-order valence-electron chi connectivity index (χ0n) is 28.3. The molecule has 0 aliphatic carbocycles. The molecule has 1 saturated heterocycles. The Morgan fingerprint density at radius 3 is 2.49 bits per heavy atom. The maximum atomic E-state index is 13.3. The molecule has 0 bridgehead atoms. The first-order valence-electron chi connectivity index (χ1n) is 16.5. The Morgan fingerprint density at radius 2 is 1.78 bits per heavy atom. The molecule has 1 aliphatic heterocycles.